The van der Waals surface area contributed by atoms with Crippen molar-refractivity contribution in [1.82, 2.24) is 0 Å². The lowest BCUT2D eigenvalue weighted by atomic mass is 9.43. The van der Waals surface area contributed by atoms with Crippen LogP contribution in [0, 0.1) is 46.3 Å². The molecule has 0 bridgehead atoms. The van der Waals surface area contributed by atoms with Gasteiger partial charge >= 0.3 is 11.9 Å². The molecular weight excluding hydrogens is 536 g/mol. The number of aliphatic hydroxyl groups excluding tert-OH is 5. The zero-order valence-electron chi connectivity index (χ0n) is 24.2. The molecular formula is C30H48O11. The number of hydrogen-bond acceptors (Lipinski definition) is 9. The Kier molecular flexibility index (Phi) is 8.57. The third-order valence-electron chi connectivity index (χ3n) is 12.4. The normalized spacial score (nSPS) is 52.1. The summed E-state index contributed by atoms with van der Waals surface area (Å²) in [5.74, 6) is -1.45. The smallest absolute Gasteiger partial charge is 0.335 e. The van der Waals surface area contributed by atoms with E-state index in [0.29, 0.717) is 31.6 Å². The first-order valence-electron chi connectivity index (χ1n) is 15.4. The molecule has 5 fully saturated rings. The van der Waals surface area contributed by atoms with Crippen molar-refractivity contribution in [2.45, 2.75) is 128 Å². The zero-order valence-corrected chi connectivity index (χ0v) is 24.2. The van der Waals surface area contributed by atoms with E-state index < -0.39 is 61.0 Å². The van der Waals surface area contributed by atoms with Crippen LogP contribution in [0.4, 0.5) is 0 Å². The van der Waals surface area contributed by atoms with Crippen LogP contribution in [0.2, 0.25) is 0 Å². The van der Waals surface area contributed by atoms with E-state index in [1.807, 2.05) is 0 Å². The van der Waals surface area contributed by atoms with Gasteiger partial charge in [-0.2, -0.15) is 0 Å². The third-order valence-corrected chi connectivity index (χ3v) is 12.4. The van der Waals surface area contributed by atoms with Crippen LogP contribution in [0.5, 0.6) is 0 Å². The Labute approximate surface area is 240 Å². The zero-order chi connectivity index (χ0) is 30.0. The molecule has 0 unspecified atom stereocenters. The first kappa shape index (κ1) is 31.1. The van der Waals surface area contributed by atoms with Crippen LogP contribution in [-0.2, 0) is 19.1 Å². The molecule has 16 atom stereocenters. The summed E-state index contributed by atoms with van der Waals surface area (Å²) in [6.07, 6.45) is -4.35. The van der Waals surface area contributed by atoms with E-state index in [-0.39, 0.29) is 46.8 Å². The van der Waals surface area contributed by atoms with Crippen molar-refractivity contribution >= 4 is 11.9 Å². The van der Waals surface area contributed by atoms with Gasteiger partial charge in [0, 0.05) is 6.42 Å². The molecule has 0 aromatic carbocycles. The van der Waals surface area contributed by atoms with E-state index in [1.165, 1.54) is 0 Å². The minimum atomic E-state index is -1.79. The van der Waals surface area contributed by atoms with E-state index in [1.54, 1.807) is 0 Å². The van der Waals surface area contributed by atoms with Crippen molar-refractivity contribution in [3.63, 3.8) is 0 Å². The maximum atomic E-state index is 11.6. The molecule has 1 heterocycles. The highest BCUT2D eigenvalue weighted by Crippen LogP contribution is 2.68. The Morgan fingerprint density at radius 3 is 2.15 bits per heavy atom. The molecule has 0 radical (unpaired) electrons. The second-order valence-corrected chi connectivity index (χ2v) is 14.3. The highest BCUT2D eigenvalue weighted by atomic mass is 16.7. The van der Waals surface area contributed by atoms with Crippen LogP contribution >= 0.6 is 0 Å². The van der Waals surface area contributed by atoms with Crippen molar-refractivity contribution in [1.29, 1.82) is 0 Å². The largest absolute Gasteiger partial charge is 0.481 e. The van der Waals surface area contributed by atoms with E-state index in [9.17, 15) is 45.3 Å². The molecule has 1 aliphatic heterocycles. The molecule has 0 spiro atoms. The van der Waals surface area contributed by atoms with Gasteiger partial charge in [-0.15, -0.1) is 0 Å². The maximum Gasteiger partial charge on any atom is 0.335 e. The standard InChI is InChI=1S/C30H48O11/c1-13(4-7-19(31)32)15-5-6-16-20-17(9-11-29(15,16)2)30(3)10-8-14(12-18(30)21(33)22(20)34)40-28-25(37)23(35)24(36)26(41-28)27(38)39/h13-18,20-26,28,33-37H,4-12H2,1-3H3,(H,31,32)(H,38,39)/t13-,14-,15-,16+,17+,18+,20+,21+,22-,23+,24+,25-,26+,28-,29-,30-/m1/s1. The Morgan fingerprint density at radius 2 is 1.49 bits per heavy atom. The summed E-state index contributed by atoms with van der Waals surface area (Å²) in [4.78, 5) is 22.7. The van der Waals surface area contributed by atoms with Crippen molar-refractivity contribution in [2.75, 3.05) is 0 Å². The molecule has 5 rings (SSSR count). The molecule has 0 amide bonds. The highest BCUT2D eigenvalue weighted by Gasteiger charge is 2.65. The summed E-state index contributed by atoms with van der Waals surface area (Å²) in [6.45, 7) is 6.67. The molecule has 11 heteroatoms. The number of rotatable bonds is 7. The first-order valence-corrected chi connectivity index (χ1v) is 15.4. The van der Waals surface area contributed by atoms with Gasteiger partial charge in [0.05, 0.1) is 18.3 Å². The molecule has 41 heavy (non-hydrogen) atoms. The van der Waals surface area contributed by atoms with E-state index in [2.05, 4.69) is 20.8 Å². The van der Waals surface area contributed by atoms with Crippen molar-refractivity contribution < 1.29 is 54.8 Å². The predicted octanol–water partition coefficient (Wildman–Crippen LogP) is 1.37. The average Bonchev–Trinajstić information content (AvgIpc) is 3.28. The average molecular weight is 585 g/mol. The second kappa shape index (κ2) is 11.3. The van der Waals surface area contributed by atoms with Crippen LogP contribution in [0.25, 0.3) is 0 Å². The third kappa shape index (κ3) is 5.13. The van der Waals surface area contributed by atoms with E-state index >= 15 is 0 Å². The quantitative estimate of drug-likeness (QED) is 0.214. The number of carbonyl (C=O) groups is 2. The van der Waals surface area contributed by atoms with Gasteiger partial charge < -0.3 is 45.2 Å². The molecule has 11 nitrogen and oxygen atoms in total. The number of carboxylic acids is 2. The van der Waals surface area contributed by atoms with Gasteiger partial charge in [-0.25, -0.2) is 4.79 Å². The van der Waals surface area contributed by atoms with Gasteiger partial charge in [-0.05, 0) is 97.7 Å². The van der Waals surface area contributed by atoms with Crippen LogP contribution < -0.4 is 0 Å². The summed E-state index contributed by atoms with van der Waals surface area (Å²) < 4.78 is 11.3. The Morgan fingerprint density at radius 1 is 0.829 bits per heavy atom. The van der Waals surface area contributed by atoms with Crippen LogP contribution in [0.3, 0.4) is 0 Å². The molecule has 1 saturated heterocycles. The Balaban J connectivity index is 1.30. The number of hydrogen-bond donors (Lipinski definition) is 7. The lowest BCUT2D eigenvalue weighted by molar-refractivity contribution is -0.313. The van der Waals surface area contributed by atoms with Crippen LogP contribution in [0.15, 0.2) is 0 Å². The number of ether oxygens (including phenoxy) is 2. The van der Waals surface area contributed by atoms with Gasteiger partial charge in [-0.1, -0.05) is 20.8 Å². The molecule has 4 aliphatic carbocycles. The van der Waals surface area contributed by atoms with Gasteiger partial charge in [0.25, 0.3) is 0 Å². The fourth-order valence-electron chi connectivity index (χ4n) is 10.2. The van der Waals surface area contributed by atoms with Crippen molar-refractivity contribution in [3.8, 4) is 0 Å². The van der Waals surface area contributed by atoms with Crippen LogP contribution in [-0.4, -0.2) is 96.7 Å². The summed E-state index contributed by atoms with van der Waals surface area (Å²) in [6, 6.07) is 0. The number of aliphatic hydroxyl groups is 5. The molecule has 0 aromatic rings. The van der Waals surface area contributed by atoms with Gasteiger partial charge in [0.2, 0.25) is 0 Å². The monoisotopic (exact) mass is 584 g/mol. The lowest BCUT2D eigenvalue weighted by Crippen LogP contribution is -2.65. The second-order valence-electron chi connectivity index (χ2n) is 14.3. The van der Waals surface area contributed by atoms with Crippen molar-refractivity contribution in [2.24, 2.45) is 46.3 Å². The summed E-state index contributed by atoms with van der Waals surface area (Å²) in [5.41, 5.74) is -0.257. The molecule has 0 aromatic heterocycles. The van der Waals surface area contributed by atoms with Gasteiger partial charge in [0.1, 0.15) is 18.3 Å². The fraction of sp³-hybridized carbons (Fsp3) is 0.933. The minimum Gasteiger partial charge on any atom is -0.481 e. The first-order chi connectivity index (χ1) is 19.2. The SMILES string of the molecule is C[C@H](CCC(=O)O)[C@H]1CC[C@H]2[C@@H]3[C@@H](O)[C@@H](O)[C@@H]4C[C@H](O[C@@H]5O[C@H](C(=O)O)[C@@H](O)[C@H](O)[C@H]5O)CC[C@]4(C)[C@H]3CC[C@]12C. The summed E-state index contributed by atoms with van der Waals surface area (Å²) in [5, 5.41) is 72.4. The summed E-state index contributed by atoms with van der Waals surface area (Å²) in [7, 11) is 0. The summed E-state index contributed by atoms with van der Waals surface area (Å²) >= 11 is 0. The predicted molar refractivity (Wildman–Crippen MR) is 143 cm³/mol. The highest BCUT2D eigenvalue weighted by molar-refractivity contribution is 5.73. The van der Waals surface area contributed by atoms with Crippen LogP contribution in [0.1, 0.15) is 78.6 Å². The molecule has 5 aliphatic rings. The lowest BCUT2D eigenvalue weighted by Gasteiger charge is -2.64. The van der Waals surface area contributed by atoms with Crippen molar-refractivity contribution in [3.05, 3.63) is 0 Å². The number of aliphatic carboxylic acids is 2. The Bertz CT molecular complexity index is 991. The Hall–Kier alpha value is -1.34. The maximum absolute atomic E-state index is 11.6. The number of carboxylic acid groups (broad SMARTS) is 2. The topological polar surface area (TPSA) is 194 Å². The van der Waals surface area contributed by atoms with Gasteiger partial charge in [0.15, 0.2) is 12.4 Å². The number of fused-ring (bicyclic) bond motifs is 5. The molecule has 234 valence electrons. The fourth-order valence-corrected chi connectivity index (χ4v) is 10.2. The van der Waals surface area contributed by atoms with E-state index in [4.69, 9.17) is 9.47 Å². The molecule has 7 N–H and O–H groups in total. The molecule has 4 saturated carbocycles. The van der Waals surface area contributed by atoms with Gasteiger partial charge in [-0.3, -0.25) is 4.79 Å². The minimum absolute atomic E-state index is 0.0101. The van der Waals surface area contributed by atoms with E-state index in [0.717, 1.165) is 25.7 Å².